The topological polar surface area (TPSA) is 111 Å². The summed E-state index contributed by atoms with van der Waals surface area (Å²) in [7, 11) is 0. The summed E-state index contributed by atoms with van der Waals surface area (Å²) < 4.78 is 11.2. The molecule has 7 nitrogen and oxygen atoms in total. The van der Waals surface area contributed by atoms with E-state index < -0.39 is 5.97 Å². The highest BCUT2D eigenvalue weighted by Gasteiger charge is 2.22. The Balaban J connectivity index is 0.000000229. The highest BCUT2D eigenvalue weighted by Crippen LogP contribution is 2.31. The van der Waals surface area contributed by atoms with Crippen LogP contribution >= 0.6 is 12.4 Å². The largest absolute Gasteiger partial charge is 0.490 e. The molecule has 0 aromatic heterocycles. The number of ether oxygens (including phenoxy) is 2. The van der Waals surface area contributed by atoms with Gasteiger partial charge >= 0.3 is 5.97 Å². The Bertz CT molecular complexity index is 934. The monoisotopic (exact) mass is 448 g/mol. The van der Waals surface area contributed by atoms with Crippen molar-refractivity contribution in [3.8, 4) is 11.5 Å². The van der Waals surface area contributed by atoms with E-state index in [0.29, 0.717) is 18.3 Å². The van der Waals surface area contributed by atoms with E-state index in [9.17, 15) is 9.59 Å². The number of anilines is 2. The summed E-state index contributed by atoms with van der Waals surface area (Å²) in [5.74, 6) is 0.748. The molecule has 8 heteroatoms. The molecule has 0 radical (unpaired) electrons. The minimum atomic E-state index is -0.849. The maximum atomic E-state index is 10.9. The maximum Gasteiger partial charge on any atom is 0.307 e. The maximum absolute atomic E-state index is 10.9. The number of nitrogen functional groups attached to an aromatic ring is 1. The first-order valence-electron chi connectivity index (χ1n) is 10.1. The van der Waals surface area contributed by atoms with Gasteiger partial charge in [-0.05, 0) is 80.1 Å². The van der Waals surface area contributed by atoms with Gasteiger partial charge in [0.2, 0.25) is 5.91 Å². The van der Waals surface area contributed by atoms with E-state index in [0.717, 1.165) is 42.0 Å². The molecule has 2 aromatic rings. The van der Waals surface area contributed by atoms with Crippen LogP contribution in [-0.2, 0) is 22.4 Å². The van der Waals surface area contributed by atoms with Crippen LogP contribution in [0.4, 0.5) is 11.4 Å². The van der Waals surface area contributed by atoms with Crippen molar-refractivity contribution in [3.63, 3.8) is 0 Å². The van der Waals surface area contributed by atoms with E-state index in [4.69, 9.17) is 20.3 Å². The Morgan fingerprint density at radius 3 is 2.42 bits per heavy atom. The number of aliphatic carboxylic acids is 1. The number of carboxylic acid groups (broad SMARTS) is 1. The summed E-state index contributed by atoms with van der Waals surface area (Å²) in [6.45, 7) is 3.55. The number of carbonyl (C=O) groups excluding carboxylic acids is 1. The number of nitrogens with one attached hydrogen (secondary N) is 1. The highest BCUT2D eigenvalue weighted by atomic mass is 35.5. The van der Waals surface area contributed by atoms with Crippen LogP contribution in [-0.4, -0.2) is 29.2 Å². The number of hydrogen-bond donors (Lipinski definition) is 3. The van der Waals surface area contributed by atoms with Gasteiger partial charge in [-0.1, -0.05) is 0 Å². The number of fused-ring (bicyclic) bond motifs is 2. The number of nitrogens with two attached hydrogens (primary N) is 1. The van der Waals surface area contributed by atoms with Crippen molar-refractivity contribution >= 4 is 35.7 Å². The van der Waals surface area contributed by atoms with Gasteiger partial charge in [-0.25, -0.2) is 0 Å². The molecule has 0 saturated heterocycles. The van der Waals surface area contributed by atoms with Gasteiger partial charge in [-0.15, -0.1) is 12.4 Å². The molecule has 2 aromatic carbocycles. The van der Waals surface area contributed by atoms with Gasteiger partial charge in [0.1, 0.15) is 17.6 Å². The number of carbonyl (C=O) groups is 2. The summed E-state index contributed by atoms with van der Waals surface area (Å²) in [6.07, 6.45) is 3.73. The van der Waals surface area contributed by atoms with E-state index >= 15 is 0 Å². The van der Waals surface area contributed by atoms with E-state index in [1.807, 2.05) is 24.3 Å². The second-order valence-electron chi connectivity index (χ2n) is 7.71. The quantitative estimate of drug-likeness (QED) is 0.606. The van der Waals surface area contributed by atoms with Gasteiger partial charge in [-0.3, -0.25) is 9.59 Å². The molecular formula is C23H29ClN2O5. The summed E-state index contributed by atoms with van der Waals surface area (Å²) in [5.41, 5.74) is 9.47. The van der Waals surface area contributed by atoms with Gasteiger partial charge in [0.25, 0.3) is 0 Å². The molecule has 4 rings (SSSR count). The lowest BCUT2D eigenvalue weighted by Gasteiger charge is -2.25. The molecule has 4 N–H and O–H groups in total. The number of aryl methyl sites for hydroxylation is 2. The van der Waals surface area contributed by atoms with Gasteiger partial charge in [0.05, 0.1) is 12.5 Å². The molecule has 2 aliphatic heterocycles. The molecule has 0 unspecified atom stereocenters. The Kier molecular flexibility index (Phi) is 8.56. The third kappa shape index (κ3) is 7.07. The van der Waals surface area contributed by atoms with Crippen molar-refractivity contribution in [1.82, 2.24) is 0 Å². The van der Waals surface area contributed by atoms with Crippen molar-refractivity contribution in [1.29, 1.82) is 0 Å². The third-order valence-electron chi connectivity index (χ3n) is 5.05. The lowest BCUT2D eigenvalue weighted by atomic mass is 10.00. The van der Waals surface area contributed by atoms with Crippen LogP contribution in [0.5, 0.6) is 11.5 Å². The molecule has 2 heterocycles. The summed E-state index contributed by atoms with van der Waals surface area (Å²) in [6, 6.07) is 11.2. The van der Waals surface area contributed by atoms with Crippen molar-refractivity contribution in [2.75, 3.05) is 11.1 Å². The Morgan fingerprint density at radius 2 is 1.71 bits per heavy atom. The number of halogens is 1. The van der Waals surface area contributed by atoms with Crippen molar-refractivity contribution in [2.45, 2.75) is 58.2 Å². The zero-order valence-corrected chi connectivity index (χ0v) is 18.5. The molecule has 0 fully saturated rings. The lowest BCUT2D eigenvalue weighted by molar-refractivity contribution is -0.139. The van der Waals surface area contributed by atoms with Gasteiger partial charge in [-0.2, -0.15) is 0 Å². The van der Waals surface area contributed by atoms with Crippen LogP contribution in [0.1, 0.15) is 44.2 Å². The molecule has 0 saturated carbocycles. The van der Waals surface area contributed by atoms with Crippen molar-refractivity contribution in [3.05, 3.63) is 47.5 Å². The smallest absolute Gasteiger partial charge is 0.307 e. The molecule has 0 spiro atoms. The molecular weight excluding hydrogens is 420 g/mol. The average molecular weight is 449 g/mol. The molecule has 2 atom stereocenters. The number of benzene rings is 2. The van der Waals surface area contributed by atoms with Crippen LogP contribution in [0.25, 0.3) is 0 Å². The minimum Gasteiger partial charge on any atom is -0.490 e. The van der Waals surface area contributed by atoms with Crippen molar-refractivity contribution < 1.29 is 24.2 Å². The standard InChI is InChI=1S/C13H15NO4.C10H13NO.ClH/c1-8(15)14-10-3-5-12-9(6-10)2-4-11(18-12)7-13(16)17;1-7-2-3-8-6-9(11)4-5-10(8)12-7;/h3,5-6,11H,2,4,7H2,1H3,(H,14,15)(H,16,17);4-7H,2-3,11H2,1H3;1H/t11-;7-;/m01./s1. The Hall–Kier alpha value is -2.93. The first kappa shape index (κ1) is 24.3. The van der Waals surface area contributed by atoms with E-state index in [1.165, 1.54) is 12.5 Å². The SMILES string of the molecule is CC(=O)Nc1ccc2c(c1)CC[C@@H](CC(=O)O)O2.C[C@@H]1CCc2cc(N)ccc2O1.Cl. The first-order chi connectivity index (χ1) is 14.3. The predicted octanol–water partition coefficient (Wildman–Crippen LogP) is 4.22. The second kappa shape index (κ2) is 10.9. The fourth-order valence-electron chi connectivity index (χ4n) is 3.61. The lowest BCUT2D eigenvalue weighted by Crippen LogP contribution is -2.25. The predicted molar refractivity (Wildman–Crippen MR) is 122 cm³/mol. The molecule has 0 bridgehead atoms. The zero-order valence-electron chi connectivity index (χ0n) is 17.7. The number of amides is 1. The first-order valence-corrected chi connectivity index (χ1v) is 10.1. The summed E-state index contributed by atoms with van der Waals surface area (Å²) >= 11 is 0. The fraction of sp³-hybridized carbons (Fsp3) is 0.391. The number of carboxylic acids is 1. The zero-order chi connectivity index (χ0) is 21.7. The van der Waals surface area contributed by atoms with E-state index in [2.05, 4.69) is 12.2 Å². The van der Waals surface area contributed by atoms with Crippen LogP contribution < -0.4 is 20.5 Å². The molecule has 168 valence electrons. The van der Waals surface area contributed by atoms with Crippen LogP contribution in [0.15, 0.2) is 36.4 Å². The normalized spacial score (nSPS) is 18.4. The van der Waals surface area contributed by atoms with Gasteiger partial charge < -0.3 is 25.6 Å². The fourth-order valence-corrected chi connectivity index (χ4v) is 3.61. The molecule has 0 aliphatic carbocycles. The van der Waals surface area contributed by atoms with Crippen LogP contribution in [0, 0.1) is 0 Å². The minimum absolute atomic E-state index is 0. The highest BCUT2D eigenvalue weighted by molar-refractivity contribution is 5.88. The van der Waals surface area contributed by atoms with Crippen molar-refractivity contribution in [2.24, 2.45) is 0 Å². The van der Waals surface area contributed by atoms with Crippen LogP contribution in [0.2, 0.25) is 0 Å². The van der Waals surface area contributed by atoms with Crippen LogP contribution in [0.3, 0.4) is 0 Å². The molecule has 31 heavy (non-hydrogen) atoms. The molecule has 1 amide bonds. The molecule has 2 aliphatic rings. The Labute approximate surface area is 188 Å². The van der Waals surface area contributed by atoms with E-state index in [1.54, 1.807) is 12.1 Å². The third-order valence-corrected chi connectivity index (χ3v) is 5.05. The number of hydrogen-bond acceptors (Lipinski definition) is 5. The summed E-state index contributed by atoms with van der Waals surface area (Å²) in [4.78, 5) is 21.6. The number of rotatable bonds is 3. The second-order valence-corrected chi connectivity index (χ2v) is 7.71. The Morgan fingerprint density at radius 1 is 1.06 bits per heavy atom. The summed E-state index contributed by atoms with van der Waals surface area (Å²) in [5, 5.41) is 11.4. The van der Waals surface area contributed by atoms with E-state index in [-0.39, 0.29) is 30.8 Å². The van der Waals surface area contributed by atoms with Gasteiger partial charge in [0.15, 0.2) is 0 Å². The average Bonchev–Trinajstić information content (AvgIpc) is 2.68. The van der Waals surface area contributed by atoms with Gasteiger partial charge in [0, 0.05) is 18.3 Å².